The molecule has 0 spiro atoms. The molecule has 0 aliphatic rings. The minimum atomic E-state index is -0.290. The maximum Gasteiger partial charge on any atom is 0.322 e. The van der Waals surface area contributed by atoms with Crippen LogP contribution < -0.4 is 10.6 Å². The third-order valence-corrected chi connectivity index (χ3v) is 3.88. The third kappa shape index (κ3) is 6.77. The largest absolute Gasteiger partial charge is 0.347 e. The molecule has 0 saturated carbocycles. The van der Waals surface area contributed by atoms with Gasteiger partial charge in [-0.25, -0.2) is 4.79 Å². The second-order valence-corrected chi connectivity index (χ2v) is 7.62. The average molecular weight is 367 g/mol. The lowest BCUT2D eigenvalue weighted by molar-refractivity contribution is 0.0919. The van der Waals surface area contributed by atoms with Gasteiger partial charge in [0.25, 0.3) is 5.91 Å². The summed E-state index contributed by atoms with van der Waals surface area (Å²) in [5.41, 5.74) is 2.04. The van der Waals surface area contributed by atoms with E-state index in [0.29, 0.717) is 24.3 Å². The summed E-state index contributed by atoms with van der Waals surface area (Å²) in [5, 5.41) is 5.84. The van der Waals surface area contributed by atoms with E-state index in [2.05, 4.69) is 10.6 Å². The van der Waals surface area contributed by atoms with Crippen molar-refractivity contribution in [2.24, 2.45) is 0 Å². The molecule has 5 heteroatoms. The number of nitrogens with zero attached hydrogens (tertiary/aromatic N) is 1. The first-order valence-electron chi connectivity index (χ1n) is 9.31. The molecule has 0 aliphatic heterocycles. The fourth-order valence-corrected chi connectivity index (χ4v) is 2.65. The van der Waals surface area contributed by atoms with Crippen LogP contribution in [-0.2, 0) is 6.54 Å². The fraction of sp³-hybridized carbons (Fsp3) is 0.364. The number of carbonyl (C=O) groups is 2. The summed E-state index contributed by atoms with van der Waals surface area (Å²) in [4.78, 5) is 26.6. The fourth-order valence-electron chi connectivity index (χ4n) is 2.65. The van der Waals surface area contributed by atoms with E-state index in [1.54, 1.807) is 29.2 Å². The minimum absolute atomic E-state index is 0.128. The van der Waals surface area contributed by atoms with Gasteiger partial charge in [-0.3, -0.25) is 4.79 Å². The quantitative estimate of drug-likeness (QED) is 0.780. The van der Waals surface area contributed by atoms with Gasteiger partial charge in [0.15, 0.2) is 0 Å². The number of hydrogen-bond acceptors (Lipinski definition) is 2. The lowest BCUT2D eigenvalue weighted by Crippen LogP contribution is -2.40. The predicted octanol–water partition coefficient (Wildman–Crippen LogP) is 4.66. The van der Waals surface area contributed by atoms with Crippen LogP contribution in [0.5, 0.6) is 0 Å². The van der Waals surface area contributed by atoms with Crippen LogP contribution in [0.3, 0.4) is 0 Å². The Morgan fingerprint density at radius 3 is 2.15 bits per heavy atom. The smallest absolute Gasteiger partial charge is 0.322 e. The molecular weight excluding hydrogens is 338 g/mol. The van der Waals surface area contributed by atoms with E-state index >= 15 is 0 Å². The summed E-state index contributed by atoms with van der Waals surface area (Å²) in [5.74, 6) is -0.128. The number of urea groups is 1. The molecule has 0 aliphatic carbocycles. The molecule has 0 aromatic heterocycles. The topological polar surface area (TPSA) is 61.4 Å². The van der Waals surface area contributed by atoms with Crippen LogP contribution in [0, 0.1) is 0 Å². The number of anilines is 1. The van der Waals surface area contributed by atoms with Gasteiger partial charge in [-0.1, -0.05) is 37.3 Å². The maximum absolute atomic E-state index is 12.6. The molecule has 144 valence electrons. The lowest BCUT2D eigenvalue weighted by atomic mass is 10.1. The summed E-state index contributed by atoms with van der Waals surface area (Å²) in [6.45, 7) is 9.10. The Morgan fingerprint density at radius 2 is 1.59 bits per heavy atom. The van der Waals surface area contributed by atoms with E-state index in [1.165, 1.54) is 0 Å². The molecule has 2 rings (SSSR count). The monoisotopic (exact) mass is 367 g/mol. The second kappa shape index (κ2) is 9.21. The zero-order valence-electron chi connectivity index (χ0n) is 16.6. The molecule has 2 aromatic rings. The molecule has 2 aromatic carbocycles. The maximum atomic E-state index is 12.6. The standard InChI is InChI=1S/C22H29N3O2/c1-5-15-25(16-17-9-7-6-8-10-17)21(27)23-19-13-11-18(12-14-19)20(26)24-22(2,3)4/h6-14H,5,15-16H2,1-4H3,(H,23,27)(H,24,26). The first kappa shape index (κ1) is 20.5. The van der Waals surface area contributed by atoms with Gasteiger partial charge in [-0.2, -0.15) is 0 Å². The molecule has 0 heterocycles. The van der Waals surface area contributed by atoms with Gasteiger partial charge in [-0.15, -0.1) is 0 Å². The van der Waals surface area contributed by atoms with E-state index in [-0.39, 0.29) is 17.5 Å². The number of amides is 3. The Labute approximate surface area is 161 Å². The Kier molecular flexibility index (Phi) is 6.99. The van der Waals surface area contributed by atoms with Crippen molar-refractivity contribution in [1.29, 1.82) is 0 Å². The highest BCUT2D eigenvalue weighted by Crippen LogP contribution is 2.13. The molecule has 0 bridgehead atoms. The Balaban J connectivity index is 2.01. The van der Waals surface area contributed by atoms with Crippen LogP contribution in [0.25, 0.3) is 0 Å². The first-order valence-corrected chi connectivity index (χ1v) is 9.31. The Bertz CT molecular complexity index is 749. The van der Waals surface area contributed by atoms with E-state index in [9.17, 15) is 9.59 Å². The number of hydrogen-bond donors (Lipinski definition) is 2. The summed E-state index contributed by atoms with van der Waals surface area (Å²) >= 11 is 0. The molecule has 0 fully saturated rings. The van der Waals surface area contributed by atoms with Crippen molar-refractivity contribution >= 4 is 17.6 Å². The summed E-state index contributed by atoms with van der Waals surface area (Å²) in [6.07, 6.45) is 0.881. The number of nitrogens with one attached hydrogen (secondary N) is 2. The van der Waals surface area contributed by atoms with Crippen LogP contribution >= 0.6 is 0 Å². The van der Waals surface area contributed by atoms with Crippen molar-refractivity contribution in [1.82, 2.24) is 10.2 Å². The van der Waals surface area contributed by atoms with Gasteiger partial charge in [-0.05, 0) is 57.0 Å². The average Bonchev–Trinajstić information content (AvgIpc) is 2.61. The second-order valence-electron chi connectivity index (χ2n) is 7.62. The highest BCUT2D eigenvalue weighted by atomic mass is 16.2. The zero-order chi connectivity index (χ0) is 19.9. The first-order chi connectivity index (χ1) is 12.8. The van der Waals surface area contributed by atoms with Gasteiger partial charge in [0, 0.05) is 29.9 Å². The Hall–Kier alpha value is -2.82. The van der Waals surface area contributed by atoms with Crippen LogP contribution in [0.2, 0.25) is 0 Å². The van der Waals surface area contributed by atoms with Crippen LogP contribution in [0.4, 0.5) is 10.5 Å². The number of carbonyl (C=O) groups excluding carboxylic acids is 2. The molecule has 27 heavy (non-hydrogen) atoms. The molecule has 3 amide bonds. The molecule has 0 saturated heterocycles. The van der Waals surface area contributed by atoms with Gasteiger partial charge in [0.2, 0.25) is 0 Å². The summed E-state index contributed by atoms with van der Waals surface area (Å²) in [7, 11) is 0. The summed E-state index contributed by atoms with van der Waals surface area (Å²) in [6, 6.07) is 16.7. The van der Waals surface area contributed by atoms with Crippen LogP contribution in [-0.4, -0.2) is 28.9 Å². The number of benzene rings is 2. The summed E-state index contributed by atoms with van der Waals surface area (Å²) < 4.78 is 0. The minimum Gasteiger partial charge on any atom is -0.347 e. The molecule has 2 N–H and O–H groups in total. The predicted molar refractivity (Wildman–Crippen MR) is 110 cm³/mol. The van der Waals surface area contributed by atoms with Crippen molar-refractivity contribution in [2.45, 2.75) is 46.2 Å². The SMILES string of the molecule is CCCN(Cc1ccccc1)C(=O)Nc1ccc(C(=O)NC(C)(C)C)cc1. The number of rotatable bonds is 6. The van der Waals surface area contributed by atoms with E-state index in [1.807, 2.05) is 58.0 Å². The van der Waals surface area contributed by atoms with Gasteiger partial charge in [0.05, 0.1) is 0 Å². The molecule has 0 atom stereocenters. The van der Waals surface area contributed by atoms with Crippen molar-refractivity contribution < 1.29 is 9.59 Å². The van der Waals surface area contributed by atoms with Crippen molar-refractivity contribution in [3.8, 4) is 0 Å². The molecule has 0 radical (unpaired) electrons. The normalized spacial score (nSPS) is 11.0. The van der Waals surface area contributed by atoms with E-state index < -0.39 is 0 Å². The molecule has 5 nitrogen and oxygen atoms in total. The Morgan fingerprint density at radius 1 is 0.963 bits per heavy atom. The third-order valence-electron chi connectivity index (χ3n) is 3.88. The van der Waals surface area contributed by atoms with E-state index in [0.717, 1.165) is 12.0 Å². The highest BCUT2D eigenvalue weighted by Gasteiger charge is 2.16. The molecule has 0 unspecified atom stereocenters. The van der Waals surface area contributed by atoms with Crippen molar-refractivity contribution in [3.63, 3.8) is 0 Å². The van der Waals surface area contributed by atoms with E-state index in [4.69, 9.17) is 0 Å². The zero-order valence-corrected chi connectivity index (χ0v) is 16.6. The van der Waals surface area contributed by atoms with Crippen LogP contribution in [0.1, 0.15) is 50.0 Å². The van der Waals surface area contributed by atoms with Gasteiger partial charge >= 0.3 is 6.03 Å². The molecular formula is C22H29N3O2. The highest BCUT2D eigenvalue weighted by molar-refractivity contribution is 5.95. The van der Waals surface area contributed by atoms with Crippen LogP contribution in [0.15, 0.2) is 54.6 Å². The van der Waals surface area contributed by atoms with Gasteiger partial charge in [0.1, 0.15) is 0 Å². The van der Waals surface area contributed by atoms with Crippen molar-refractivity contribution in [3.05, 3.63) is 65.7 Å². The lowest BCUT2D eigenvalue weighted by Gasteiger charge is -2.23. The van der Waals surface area contributed by atoms with Crippen molar-refractivity contribution in [2.75, 3.05) is 11.9 Å². The van der Waals surface area contributed by atoms with Gasteiger partial charge < -0.3 is 15.5 Å².